The van der Waals surface area contributed by atoms with Crippen LogP contribution in [0.2, 0.25) is 5.15 Å². The number of benzene rings is 2. The highest BCUT2D eigenvalue weighted by Crippen LogP contribution is 2.29. The molecule has 0 radical (unpaired) electrons. The van der Waals surface area contributed by atoms with Crippen LogP contribution < -0.4 is 0 Å². The normalized spacial score (nSPS) is 10.7. The second kappa shape index (κ2) is 7.80. The number of para-hydroxylation sites is 2. The first-order chi connectivity index (χ1) is 12.7. The SMILES string of the molecule is Brc1nc2ccccc2s1.Clc1ccc(-c2nc3ccccc3s2)cn1. The summed E-state index contributed by atoms with van der Waals surface area (Å²) in [5, 5.41) is 1.48. The lowest BCUT2D eigenvalue weighted by molar-refractivity contribution is 1.32. The average Bonchev–Trinajstić information content (AvgIpc) is 3.25. The first-order valence-corrected chi connectivity index (χ1v) is 10.5. The van der Waals surface area contributed by atoms with Crippen molar-refractivity contribution < 1.29 is 0 Å². The Morgan fingerprint density at radius 3 is 2.04 bits per heavy atom. The molecule has 0 aliphatic rings. The summed E-state index contributed by atoms with van der Waals surface area (Å²) in [6.45, 7) is 0. The van der Waals surface area contributed by atoms with Crippen molar-refractivity contribution in [2.75, 3.05) is 0 Å². The summed E-state index contributed by atoms with van der Waals surface area (Å²) in [5.74, 6) is 0. The van der Waals surface area contributed by atoms with Gasteiger partial charge in [0.2, 0.25) is 0 Å². The molecule has 3 heterocycles. The first kappa shape index (κ1) is 17.5. The van der Waals surface area contributed by atoms with E-state index in [-0.39, 0.29) is 0 Å². The van der Waals surface area contributed by atoms with Gasteiger partial charge in [-0.05, 0) is 52.3 Å². The third-order valence-electron chi connectivity index (χ3n) is 3.54. The van der Waals surface area contributed by atoms with Crippen LogP contribution in [0.4, 0.5) is 0 Å². The zero-order valence-corrected chi connectivity index (χ0v) is 17.2. The molecule has 7 heteroatoms. The van der Waals surface area contributed by atoms with Crippen LogP contribution >= 0.6 is 50.2 Å². The van der Waals surface area contributed by atoms with Crippen LogP contribution in [0.15, 0.2) is 70.8 Å². The van der Waals surface area contributed by atoms with Gasteiger partial charge in [-0.2, -0.15) is 0 Å². The van der Waals surface area contributed by atoms with Gasteiger partial charge < -0.3 is 0 Å². The van der Waals surface area contributed by atoms with Crippen LogP contribution in [0.1, 0.15) is 0 Å². The molecule has 0 aliphatic carbocycles. The lowest BCUT2D eigenvalue weighted by atomic mass is 10.3. The van der Waals surface area contributed by atoms with E-state index in [0.29, 0.717) is 5.15 Å². The molecule has 0 aliphatic heterocycles. The summed E-state index contributed by atoms with van der Waals surface area (Å²) < 4.78 is 3.37. The first-order valence-electron chi connectivity index (χ1n) is 7.67. The van der Waals surface area contributed by atoms with Gasteiger partial charge >= 0.3 is 0 Å². The maximum absolute atomic E-state index is 5.75. The average molecular weight is 461 g/mol. The van der Waals surface area contributed by atoms with E-state index in [1.54, 1.807) is 34.9 Å². The van der Waals surface area contributed by atoms with Crippen LogP contribution in [0, 0.1) is 0 Å². The Morgan fingerprint density at radius 1 is 0.769 bits per heavy atom. The van der Waals surface area contributed by atoms with Gasteiger partial charge in [0.05, 0.1) is 20.4 Å². The molecule has 0 unspecified atom stereocenters. The van der Waals surface area contributed by atoms with Gasteiger partial charge in [-0.25, -0.2) is 15.0 Å². The Labute approximate surface area is 171 Å². The monoisotopic (exact) mass is 459 g/mol. The van der Waals surface area contributed by atoms with E-state index in [1.807, 2.05) is 42.5 Å². The molecule has 128 valence electrons. The van der Waals surface area contributed by atoms with Gasteiger partial charge in [0.15, 0.2) is 3.92 Å². The number of hydrogen-bond acceptors (Lipinski definition) is 5. The smallest absolute Gasteiger partial charge is 0.160 e. The number of hydrogen-bond donors (Lipinski definition) is 0. The van der Waals surface area contributed by atoms with Crippen LogP contribution in [0.5, 0.6) is 0 Å². The summed E-state index contributed by atoms with van der Waals surface area (Å²) in [6.07, 6.45) is 1.75. The van der Waals surface area contributed by atoms with Crippen molar-refractivity contribution in [1.82, 2.24) is 15.0 Å². The maximum Gasteiger partial charge on any atom is 0.160 e. The number of rotatable bonds is 1. The predicted octanol–water partition coefficient (Wildman–Crippen LogP) is 7.07. The summed E-state index contributed by atoms with van der Waals surface area (Å²) in [5.41, 5.74) is 3.10. The molecule has 0 N–H and O–H groups in total. The molecule has 26 heavy (non-hydrogen) atoms. The Morgan fingerprint density at radius 2 is 1.42 bits per heavy atom. The van der Waals surface area contributed by atoms with Gasteiger partial charge in [-0.15, -0.1) is 22.7 Å². The van der Waals surface area contributed by atoms with Crippen molar-refractivity contribution in [2.45, 2.75) is 0 Å². The number of thiazole rings is 2. The predicted molar refractivity (Wildman–Crippen MR) is 115 cm³/mol. The third kappa shape index (κ3) is 3.94. The molecule has 2 aromatic carbocycles. The molecule has 0 fully saturated rings. The Hall–Kier alpha value is -1.86. The lowest BCUT2D eigenvalue weighted by Gasteiger charge is -1.93. The van der Waals surface area contributed by atoms with Gasteiger partial charge in [-0.3, -0.25) is 0 Å². The van der Waals surface area contributed by atoms with Crippen molar-refractivity contribution in [1.29, 1.82) is 0 Å². The zero-order valence-electron chi connectivity index (χ0n) is 13.3. The van der Waals surface area contributed by atoms with Crippen LogP contribution in [0.25, 0.3) is 31.0 Å². The molecule has 3 nitrogen and oxygen atoms in total. The quantitative estimate of drug-likeness (QED) is 0.251. The van der Waals surface area contributed by atoms with E-state index in [0.717, 1.165) is 25.5 Å². The molecule has 0 bridgehead atoms. The third-order valence-corrected chi connectivity index (χ3v) is 6.33. The van der Waals surface area contributed by atoms with E-state index in [2.05, 4.69) is 43.0 Å². The number of nitrogens with zero attached hydrogens (tertiary/aromatic N) is 3. The highest BCUT2D eigenvalue weighted by atomic mass is 79.9. The standard InChI is InChI=1S/C12H7ClN2S.C7H4BrNS/c13-11-6-5-8(7-14-11)12-15-9-3-1-2-4-10(9)16-12;8-7-9-5-3-1-2-4-6(5)10-7/h1-7H;1-4H. The fraction of sp³-hybridized carbons (Fsp3) is 0. The van der Waals surface area contributed by atoms with E-state index < -0.39 is 0 Å². The van der Waals surface area contributed by atoms with Crippen molar-refractivity contribution in [3.05, 3.63) is 75.9 Å². The molecule has 5 rings (SSSR count). The molecular weight excluding hydrogens is 450 g/mol. The van der Waals surface area contributed by atoms with Crippen LogP contribution in [0.3, 0.4) is 0 Å². The van der Waals surface area contributed by atoms with Gasteiger partial charge in [0, 0.05) is 11.8 Å². The minimum absolute atomic E-state index is 0.505. The molecule has 5 aromatic rings. The Kier molecular flexibility index (Phi) is 5.26. The number of halogens is 2. The number of aromatic nitrogens is 3. The molecule has 0 spiro atoms. The van der Waals surface area contributed by atoms with E-state index >= 15 is 0 Å². The molecular formula is C19H11BrClN3S2. The highest BCUT2D eigenvalue weighted by Gasteiger charge is 2.05. The molecule has 0 atom stereocenters. The summed E-state index contributed by atoms with van der Waals surface area (Å²) in [6, 6.07) is 19.9. The maximum atomic E-state index is 5.75. The van der Waals surface area contributed by atoms with Crippen LogP contribution in [-0.4, -0.2) is 15.0 Å². The molecule has 0 amide bonds. The van der Waals surface area contributed by atoms with E-state index in [1.165, 1.54) is 9.40 Å². The lowest BCUT2D eigenvalue weighted by Crippen LogP contribution is -1.78. The van der Waals surface area contributed by atoms with E-state index in [9.17, 15) is 0 Å². The molecule has 0 saturated carbocycles. The van der Waals surface area contributed by atoms with Crippen molar-refractivity contribution >= 4 is 70.6 Å². The molecule has 3 aromatic heterocycles. The van der Waals surface area contributed by atoms with Crippen molar-refractivity contribution in [2.24, 2.45) is 0 Å². The fourth-order valence-electron chi connectivity index (χ4n) is 2.34. The summed E-state index contributed by atoms with van der Waals surface area (Å²) in [7, 11) is 0. The largest absolute Gasteiger partial charge is 0.244 e. The van der Waals surface area contributed by atoms with Crippen molar-refractivity contribution in [3.63, 3.8) is 0 Å². The van der Waals surface area contributed by atoms with Gasteiger partial charge in [0.25, 0.3) is 0 Å². The minimum atomic E-state index is 0.505. The summed E-state index contributed by atoms with van der Waals surface area (Å²) in [4.78, 5) is 12.9. The fourth-order valence-corrected chi connectivity index (χ4v) is 4.81. The molecule has 0 saturated heterocycles. The topological polar surface area (TPSA) is 38.7 Å². The second-order valence-corrected chi connectivity index (χ2v) is 9.02. The highest BCUT2D eigenvalue weighted by molar-refractivity contribution is 9.11. The summed E-state index contributed by atoms with van der Waals surface area (Å²) >= 11 is 12.4. The minimum Gasteiger partial charge on any atom is -0.244 e. The van der Waals surface area contributed by atoms with Gasteiger partial charge in [0.1, 0.15) is 10.2 Å². The number of fused-ring (bicyclic) bond motifs is 2. The van der Waals surface area contributed by atoms with Gasteiger partial charge in [-0.1, -0.05) is 35.9 Å². The van der Waals surface area contributed by atoms with E-state index in [4.69, 9.17) is 11.6 Å². The zero-order chi connectivity index (χ0) is 17.9. The number of pyridine rings is 1. The Balaban J connectivity index is 0.000000144. The Bertz CT molecular complexity index is 1100. The van der Waals surface area contributed by atoms with Crippen LogP contribution in [-0.2, 0) is 0 Å². The van der Waals surface area contributed by atoms with Crippen molar-refractivity contribution in [3.8, 4) is 10.6 Å². The second-order valence-electron chi connectivity index (χ2n) is 5.29.